The minimum atomic E-state index is -0.694. The lowest BCUT2D eigenvalue weighted by atomic mass is 9.93. The van der Waals surface area contributed by atoms with Crippen molar-refractivity contribution in [3.05, 3.63) is 38.3 Å². The molecule has 1 amide bonds. The molecule has 3 N–H and O–H groups in total. The van der Waals surface area contributed by atoms with Crippen LogP contribution in [0.4, 0.5) is 5.69 Å². The Labute approximate surface area is 119 Å². The third-order valence-corrected chi connectivity index (χ3v) is 3.28. The highest BCUT2D eigenvalue weighted by atomic mass is 79.9. The smallest absolute Gasteiger partial charge is 0.273 e. The minimum absolute atomic E-state index is 0.0487. The SMILES string of the molecule is CC(C)(CNCc1cc(Br)ccc1[N+](=O)[O-])C(N)=O. The molecule has 0 unspecified atom stereocenters. The van der Waals surface area contributed by atoms with Crippen molar-refractivity contribution in [1.82, 2.24) is 5.32 Å². The van der Waals surface area contributed by atoms with Gasteiger partial charge in [-0.2, -0.15) is 0 Å². The highest BCUT2D eigenvalue weighted by Gasteiger charge is 2.24. The van der Waals surface area contributed by atoms with Crippen molar-refractivity contribution in [2.75, 3.05) is 6.54 Å². The molecule has 0 atom stereocenters. The van der Waals surface area contributed by atoms with Gasteiger partial charge in [0.1, 0.15) is 0 Å². The number of nitro groups is 1. The minimum Gasteiger partial charge on any atom is -0.369 e. The second kappa shape index (κ2) is 6.12. The van der Waals surface area contributed by atoms with Gasteiger partial charge in [0.15, 0.2) is 0 Å². The number of carbonyl (C=O) groups excluding carboxylic acids is 1. The molecular formula is C12H16BrN3O3. The van der Waals surface area contributed by atoms with Gasteiger partial charge in [-0.15, -0.1) is 0 Å². The fourth-order valence-electron chi connectivity index (χ4n) is 1.47. The lowest BCUT2D eigenvalue weighted by Crippen LogP contribution is -2.40. The maximum atomic E-state index is 11.2. The van der Waals surface area contributed by atoms with Crippen molar-refractivity contribution >= 4 is 27.5 Å². The van der Waals surface area contributed by atoms with E-state index in [1.165, 1.54) is 6.07 Å². The molecule has 1 aromatic carbocycles. The summed E-state index contributed by atoms with van der Waals surface area (Å²) in [7, 11) is 0. The number of halogens is 1. The second-order valence-corrected chi connectivity index (χ2v) is 5.80. The van der Waals surface area contributed by atoms with Crippen LogP contribution < -0.4 is 11.1 Å². The van der Waals surface area contributed by atoms with Crippen LogP contribution in [0, 0.1) is 15.5 Å². The van der Waals surface area contributed by atoms with E-state index in [0.29, 0.717) is 18.7 Å². The van der Waals surface area contributed by atoms with Crippen molar-refractivity contribution in [3.8, 4) is 0 Å². The Kier molecular flexibility index (Phi) is 5.02. The number of rotatable bonds is 6. The Morgan fingerprint density at radius 2 is 2.16 bits per heavy atom. The van der Waals surface area contributed by atoms with E-state index in [-0.39, 0.29) is 5.69 Å². The second-order valence-electron chi connectivity index (χ2n) is 4.88. The summed E-state index contributed by atoms with van der Waals surface area (Å²) >= 11 is 3.28. The highest BCUT2D eigenvalue weighted by Crippen LogP contribution is 2.23. The average Bonchev–Trinajstić information content (AvgIpc) is 2.28. The molecule has 0 fully saturated rings. The summed E-state index contributed by atoms with van der Waals surface area (Å²) in [5.74, 6) is -0.413. The van der Waals surface area contributed by atoms with Gasteiger partial charge in [-0.3, -0.25) is 14.9 Å². The summed E-state index contributed by atoms with van der Waals surface area (Å²) < 4.78 is 0.768. The van der Waals surface area contributed by atoms with Gasteiger partial charge in [0.05, 0.1) is 10.3 Å². The quantitative estimate of drug-likeness (QED) is 0.615. The highest BCUT2D eigenvalue weighted by molar-refractivity contribution is 9.10. The molecule has 7 heteroatoms. The Bertz CT molecular complexity index is 503. The Hall–Kier alpha value is -1.47. The molecule has 0 heterocycles. The molecule has 0 aromatic heterocycles. The molecule has 0 saturated heterocycles. The third kappa shape index (κ3) is 4.29. The zero-order valence-corrected chi connectivity index (χ0v) is 12.4. The molecule has 0 radical (unpaired) electrons. The van der Waals surface area contributed by atoms with Gasteiger partial charge in [-0.05, 0) is 26.0 Å². The van der Waals surface area contributed by atoms with Crippen molar-refractivity contribution in [3.63, 3.8) is 0 Å². The lowest BCUT2D eigenvalue weighted by Gasteiger charge is -2.20. The number of nitrogens with zero attached hydrogens (tertiary/aromatic N) is 1. The van der Waals surface area contributed by atoms with E-state index in [4.69, 9.17) is 5.73 Å². The van der Waals surface area contributed by atoms with Crippen LogP contribution in [0.15, 0.2) is 22.7 Å². The van der Waals surface area contributed by atoms with E-state index in [2.05, 4.69) is 21.2 Å². The van der Waals surface area contributed by atoms with Gasteiger partial charge in [0, 0.05) is 29.2 Å². The molecule has 0 aliphatic rings. The van der Waals surface area contributed by atoms with Crippen molar-refractivity contribution in [1.29, 1.82) is 0 Å². The molecule has 6 nitrogen and oxygen atoms in total. The van der Waals surface area contributed by atoms with Gasteiger partial charge in [-0.25, -0.2) is 0 Å². The Morgan fingerprint density at radius 3 is 2.68 bits per heavy atom. The molecule has 0 spiro atoms. The largest absolute Gasteiger partial charge is 0.369 e. The predicted molar refractivity (Wildman–Crippen MR) is 75.5 cm³/mol. The number of nitrogens with one attached hydrogen (secondary N) is 1. The molecular weight excluding hydrogens is 314 g/mol. The van der Waals surface area contributed by atoms with Gasteiger partial charge in [0.25, 0.3) is 5.69 Å². The molecule has 0 bridgehead atoms. The fraction of sp³-hybridized carbons (Fsp3) is 0.417. The predicted octanol–water partition coefficient (Wildman–Crippen LogP) is 1.96. The van der Waals surface area contributed by atoms with Crippen LogP contribution in [-0.2, 0) is 11.3 Å². The Balaban J connectivity index is 2.75. The molecule has 1 aromatic rings. The zero-order valence-electron chi connectivity index (χ0n) is 10.8. The molecule has 19 heavy (non-hydrogen) atoms. The first-order valence-electron chi connectivity index (χ1n) is 5.67. The van der Waals surface area contributed by atoms with Gasteiger partial charge < -0.3 is 11.1 Å². The maximum Gasteiger partial charge on any atom is 0.273 e. The maximum absolute atomic E-state index is 11.2. The van der Waals surface area contributed by atoms with Crippen LogP contribution in [0.5, 0.6) is 0 Å². The van der Waals surface area contributed by atoms with Gasteiger partial charge in [0.2, 0.25) is 5.91 Å². The van der Waals surface area contributed by atoms with E-state index in [0.717, 1.165) is 4.47 Å². The molecule has 0 aliphatic carbocycles. The number of hydrogen-bond donors (Lipinski definition) is 2. The van der Waals surface area contributed by atoms with Crippen LogP contribution in [0.25, 0.3) is 0 Å². The summed E-state index contributed by atoms with van der Waals surface area (Å²) in [5.41, 5.74) is 5.17. The third-order valence-electron chi connectivity index (χ3n) is 2.79. The van der Waals surface area contributed by atoms with E-state index >= 15 is 0 Å². The van der Waals surface area contributed by atoms with Gasteiger partial charge >= 0.3 is 0 Å². The van der Waals surface area contributed by atoms with Crippen LogP contribution in [0.1, 0.15) is 19.4 Å². The van der Waals surface area contributed by atoms with Crippen molar-refractivity contribution < 1.29 is 9.72 Å². The number of benzene rings is 1. The van der Waals surface area contributed by atoms with E-state index in [9.17, 15) is 14.9 Å². The summed E-state index contributed by atoms with van der Waals surface area (Å²) in [5, 5.41) is 13.9. The first-order chi connectivity index (χ1) is 8.74. The van der Waals surface area contributed by atoms with E-state index < -0.39 is 16.2 Å². The number of amides is 1. The molecule has 0 saturated carbocycles. The first-order valence-corrected chi connectivity index (χ1v) is 6.47. The zero-order chi connectivity index (χ0) is 14.6. The molecule has 0 aliphatic heterocycles. The normalized spacial score (nSPS) is 11.3. The van der Waals surface area contributed by atoms with Gasteiger partial charge in [-0.1, -0.05) is 15.9 Å². The van der Waals surface area contributed by atoms with Crippen molar-refractivity contribution in [2.45, 2.75) is 20.4 Å². The van der Waals surface area contributed by atoms with E-state index in [1.54, 1.807) is 26.0 Å². The average molecular weight is 330 g/mol. The number of carbonyl (C=O) groups is 1. The van der Waals surface area contributed by atoms with Crippen LogP contribution >= 0.6 is 15.9 Å². The van der Waals surface area contributed by atoms with Crippen LogP contribution in [-0.4, -0.2) is 17.4 Å². The number of nitrogens with two attached hydrogens (primary N) is 1. The van der Waals surface area contributed by atoms with Crippen molar-refractivity contribution in [2.24, 2.45) is 11.1 Å². The molecule has 1 rings (SSSR count). The number of primary amides is 1. The monoisotopic (exact) mass is 329 g/mol. The standard InChI is InChI=1S/C12H16BrN3O3/c1-12(2,11(14)17)7-15-6-8-5-9(13)3-4-10(8)16(18)19/h3-5,15H,6-7H2,1-2H3,(H2,14,17). The summed E-state index contributed by atoms with van der Waals surface area (Å²) in [6.45, 7) is 4.09. The van der Waals surface area contributed by atoms with E-state index in [1.807, 2.05) is 0 Å². The Morgan fingerprint density at radius 1 is 1.53 bits per heavy atom. The topological polar surface area (TPSA) is 98.3 Å². The summed E-state index contributed by atoms with van der Waals surface area (Å²) in [6.07, 6.45) is 0. The summed E-state index contributed by atoms with van der Waals surface area (Å²) in [4.78, 5) is 21.6. The number of hydrogen-bond acceptors (Lipinski definition) is 4. The molecule has 104 valence electrons. The van der Waals surface area contributed by atoms with Crippen LogP contribution in [0.3, 0.4) is 0 Å². The number of nitro benzene ring substituents is 1. The van der Waals surface area contributed by atoms with Crippen LogP contribution in [0.2, 0.25) is 0 Å². The lowest BCUT2D eigenvalue weighted by molar-refractivity contribution is -0.385. The first kappa shape index (κ1) is 15.6. The fourth-order valence-corrected chi connectivity index (χ4v) is 1.88. The summed E-state index contributed by atoms with van der Waals surface area (Å²) in [6, 6.07) is 4.75.